The molecule has 0 aliphatic heterocycles. The van der Waals surface area contributed by atoms with Gasteiger partial charge < -0.3 is 5.11 Å². The molecule has 1 N–H and O–H groups in total. The van der Waals surface area contributed by atoms with E-state index in [9.17, 15) is 5.11 Å². The van der Waals surface area contributed by atoms with Crippen LogP contribution in [0.2, 0.25) is 10.3 Å². The summed E-state index contributed by atoms with van der Waals surface area (Å²) in [5.74, 6) is 0. The Morgan fingerprint density at radius 1 is 1.55 bits per heavy atom. The van der Waals surface area contributed by atoms with Crippen LogP contribution in [0.1, 0.15) is 17.2 Å². The van der Waals surface area contributed by atoms with Crippen LogP contribution < -0.4 is 0 Å². The fraction of sp³-hybridized carbons (Fsp3) is 0.286. The normalized spacial score (nSPS) is 20.8. The van der Waals surface area contributed by atoms with Gasteiger partial charge in [0.1, 0.15) is 10.3 Å². The van der Waals surface area contributed by atoms with Gasteiger partial charge in [-0.3, -0.25) is 0 Å². The van der Waals surface area contributed by atoms with Gasteiger partial charge in [-0.05, 0) is 11.6 Å². The lowest BCUT2D eigenvalue weighted by atomic mass is 9.87. The first-order chi connectivity index (χ1) is 5.18. The molecule has 0 saturated heterocycles. The van der Waals surface area contributed by atoms with Crippen LogP contribution in [0.15, 0.2) is 6.07 Å². The first kappa shape index (κ1) is 7.35. The Morgan fingerprint density at radius 3 is 2.82 bits per heavy atom. The van der Waals surface area contributed by atoms with E-state index in [2.05, 4.69) is 4.98 Å². The second-order valence-corrected chi connectivity index (χ2v) is 3.27. The number of aliphatic hydroxyl groups excluding tert-OH is 1. The molecule has 0 radical (unpaired) electrons. The van der Waals surface area contributed by atoms with E-state index in [-0.39, 0.29) is 0 Å². The smallest absolute Gasteiger partial charge is 0.136 e. The standard InChI is InChI=1S/C7H5Cl2NO/c8-5-2-3-1-4(11)6(3)7(9)10-5/h2,4,11H,1H2. The van der Waals surface area contributed by atoms with Crippen molar-refractivity contribution in [3.05, 3.63) is 27.5 Å². The van der Waals surface area contributed by atoms with Crippen molar-refractivity contribution in [3.63, 3.8) is 0 Å². The predicted molar refractivity (Wildman–Crippen MR) is 42.9 cm³/mol. The number of hydrogen-bond donors (Lipinski definition) is 1. The summed E-state index contributed by atoms with van der Waals surface area (Å²) in [4.78, 5) is 3.81. The summed E-state index contributed by atoms with van der Waals surface area (Å²) in [6.45, 7) is 0. The van der Waals surface area contributed by atoms with Crippen molar-refractivity contribution in [3.8, 4) is 0 Å². The van der Waals surface area contributed by atoms with Crippen LogP contribution in [0, 0.1) is 0 Å². The molecular weight excluding hydrogens is 185 g/mol. The van der Waals surface area contributed by atoms with Gasteiger partial charge in [-0.2, -0.15) is 0 Å². The van der Waals surface area contributed by atoms with Crippen molar-refractivity contribution < 1.29 is 5.11 Å². The fourth-order valence-corrected chi connectivity index (χ4v) is 1.84. The minimum atomic E-state index is -0.442. The number of nitrogens with zero attached hydrogens (tertiary/aromatic N) is 1. The molecule has 1 unspecified atom stereocenters. The molecule has 1 aromatic heterocycles. The lowest BCUT2D eigenvalue weighted by Gasteiger charge is -2.25. The van der Waals surface area contributed by atoms with Crippen molar-refractivity contribution in [2.45, 2.75) is 12.5 Å². The summed E-state index contributed by atoms with van der Waals surface area (Å²) in [6.07, 6.45) is 0.194. The van der Waals surface area contributed by atoms with Crippen LogP contribution in [0.5, 0.6) is 0 Å². The third-order valence-electron chi connectivity index (χ3n) is 1.81. The average Bonchev–Trinajstić information content (AvgIpc) is 1.83. The van der Waals surface area contributed by atoms with Gasteiger partial charge in [0.2, 0.25) is 0 Å². The van der Waals surface area contributed by atoms with Crippen molar-refractivity contribution in [2.75, 3.05) is 0 Å². The van der Waals surface area contributed by atoms with Crippen molar-refractivity contribution in [1.82, 2.24) is 4.98 Å². The van der Waals surface area contributed by atoms with Gasteiger partial charge >= 0.3 is 0 Å². The molecule has 1 aromatic rings. The molecule has 2 nitrogen and oxygen atoms in total. The maximum absolute atomic E-state index is 9.20. The molecule has 1 heterocycles. The van der Waals surface area contributed by atoms with Gasteiger partial charge in [0.25, 0.3) is 0 Å². The molecule has 58 valence electrons. The second kappa shape index (κ2) is 2.34. The molecule has 11 heavy (non-hydrogen) atoms. The minimum absolute atomic E-state index is 0.325. The maximum Gasteiger partial charge on any atom is 0.136 e. The van der Waals surface area contributed by atoms with Crippen LogP contribution in [-0.4, -0.2) is 10.1 Å². The lowest BCUT2D eigenvalue weighted by Crippen LogP contribution is -2.17. The number of hydrogen-bond acceptors (Lipinski definition) is 2. The molecule has 0 amide bonds. The maximum atomic E-state index is 9.20. The Kier molecular flexibility index (Phi) is 1.56. The van der Waals surface area contributed by atoms with Crippen LogP contribution in [-0.2, 0) is 6.42 Å². The second-order valence-electron chi connectivity index (χ2n) is 2.53. The zero-order chi connectivity index (χ0) is 8.01. The van der Waals surface area contributed by atoms with Crippen LogP contribution in [0.25, 0.3) is 0 Å². The SMILES string of the molecule is OC1Cc2cc(Cl)nc(Cl)c21. The van der Waals surface area contributed by atoms with Crippen LogP contribution >= 0.6 is 23.2 Å². The Hall–Kier alpha value is -0.310. The quantitative estimate of drug-likeness (QED) is 0.634. The van der Waals surface area contributed by atoms with E-state index in [0.29, 0.717) is 16.7 Å². The van der Waals surface area contributed by atoms with Gasteiger partial charge in [-0.25, -0.2) is 4.98 Å². The number of pyridine rings is 1. The predicted octanol–water partition coefficient (Wildman–Crippen LogP) is 1.98. The van der Waals surface area contributed by atoms with Gasteiger partial charge in [0.15, 0.2) is 0 Å². The zero-order valence-corrected chi connectivity index (χ0v) is 7.02. The molecule has 1 aliphatic carbocycles. The fourth-order valence-electron chi connectivity index (χ4n) is 1.24. The number of fused-ring (bicyclic) bond motifs is 1. The summed E-state index contributed by atoms with van der Waals surface area (Å²) >= 11 is 11.3. The topological polar surface area (TPSA) is 33.1 Å². The average molecular weight is 190 g/mol. The Balaban J connectivity index is 2.58. The molecule has 1 aliphatic rings. The van der Waals surface area contributed by atoms with E-state index in [1.165, 1.54) is 0 Å². The van der Waals surface area contributed by atoms with E-state index in [1.807, 2.05) is 0 Å². The molecule has 1 atom stereocenters. The molecular formula is C7H5Cl2NO. The molecule has 0 saturated carbocycles. The Morgan fingerprint density at radius 2 is 2.27 bits per heavy atom. The number of aromatic nitrogens is 1. The summed E-state index contributed by atoms with van der Waals surface area (Å²) in [5, 5.41) is 9.92. The van der Waals surface area contributed by atoms with Gasteiger partial charge in [-0.1, -0.05) is 23.2 Å². The molecule has 2 rings (SSSR count). The third-order valence-corrected chi connectivity index (χ3v) is 2.29. The van der Waals surface area contributed by atoms with Crippen molar-refractivity contribution >= 4 is 23.2 Å². The number of aliphatic hydroxyl groups is 1. The molecule has 0 aromatic carbocycles. The molecule has 0 bridgehead atoms. The minimum Gasteiger partial charge on any atom is -0.388 e. The molecule has 0 spiro atoms. The van der Waals surface area contributed by atoms with Crippen molar-refractivity contribution in [2.24, 2.45) is 0 Å². The molecule has 0 fully saturated rings. The van der Waals surface area contributed by atoms with Crippen LogP contribution in [0.4, 0.5) is 0 Å². The largest absolute Gasteiger partial charge is 0.388 e. The van der Waals surface area contributed by atoms with E-state index in [1.54, 1.807) is 6.07 Å². The lowest BCUT2D eigenvalue weighted by molar-refractivity contribution is 0.153. The number of rotatable bonds is 0. The van der Waals surface area contributed by atoms with E-state index < -0.39 is 6.10 Å². The number of halogens is 2. The highest BCUT2D eigenvalue weighted by molar-refractivity contribution is 6.33. The van der Waals surface area contributed by atoms with Gasteiger partial charge in [-0.15, -0.1) is 0 Å². The summed E-state index contributed by atoms with van der Waals surface area (Å²) in [6, 6.07) is 1.73. The van der Waals surface area contributed by atoms with Gasteiger partial charge in [0, 0.05) is 12.0 Å². The Bertz CT molecular complexity index is 296. The van der Waals surface area contributed by atoms with Crippen LogP contribution in [0.3, 0.4) is 0 Å². The highest BCUT2D eigenvalue weighted by Gasteiger charge is 2.27. The van der Waals surface area contributed by atoms with E-state index in [0.717, 1.165) is 11.1 Å². The third kappa shape index (κ3) is 1.02. The highest BCUT2D eigenvalue weighted by atomic mass is 35.5. The first-order valence-electron chi connectivity index (χ1n) is 3.21. The summed E-state index contributed by atoms with van der Waals surface area (Å²) in [5.41, 5.74) is 1.73. The summed E-state index contributed by atoms with van der Waals surface area (Å²) < 4.78 is 0. The van der Waals surface area contributed by atoms with Gasteiger partial charge in [0.05, 0.1) is 6.10 Å². The summed E-state index contributed by atoms with van der Waals surface area (Å²) in [7, 11) is 0. The highest BCUT2D eigenvalue weighted by Crippen LogP contribution is 2.38. The van der Waals surface area contributed by atoms with E-state index in [4.69, 9.17) is 23.2 Å². The van der Waals surface area contributed by atoms with Crippen molar-refractivity contribution in [1.29, 1.82) is 0 Å². The van der Waals surface area contributed by atoms with E-state index >= 15 is 0 Å². The Labute approximate surface area is 73.8 Å². The zero-order valence-electron chi connectivity index (χ0n) is 5.51. The molecule has 4 heteroatoms. The monoisotopic (exact) mass is 189 g/mol. The first-order valence-corrected chi connectivity index (χ1v) is 3.97.